The Balaban J connectivity index is 2.28. The van der Waals surface area contributed by atoms with Crippen LogP contribution in [0, 0.1) is 13.8 Å². The van der Waals surface area contributed by atoms with Gasteiger partial charge in [-0.25, -0.2) is 0 Å². The third kappa shape index (κ3) is 1.57. The zero-order valence-corrected chi connectivity index (χ0v) is 9.14. The van der Waals surface area contributed by atoms with Gasteiger partial charge < -0.3 is 5.73 Å². The average Bonchev–Trinajstić information content (AvgIpc) is 2.91. The topological polar surface area (TPSA) is 26.0 Å². The molecule has 0 unspecified atom stereocenters. The third-order valence-corrected chi connectivity index (χ3v) is 3.60. The smallest absolute Gasteiger partial charge is 0.00343 e. The van der Waals surface area contributed by atoms with E-state index in [9.17, 15) is 0 Å². The maximum Gasteiger partial charge on any atom is -0.00343 e. The van der Waals surface area contributed by atoms with Gasteiger partial charge in [-0.1, -0.05) is 18.2 Å². The Morgan fingerprint density at radius 2 is 1.93 bits per heavy atom. The van der Waals surface area contributed by atoms with Gasteiger partial charge in [-0.3, -0.25) is 0 Å². The van der Waals surface area contributed by atoms with Gasteiger partial charge in [0, 0.05) is 0 Å². The fourth-order valence-electron chi connectivity index (χ4n) is 2.18. The summed E-state index contributed by atoms with van der Waals surface area (Å²) in [6.07, 6.45) is 3.80. The molecule has 0 aromatic heterocycles. The van der Waals surface area contributed by atoms with E-state index in [1.54, 1.807) is 0 Å². The Kier molecular flexibility index (Phi) is 2.36. The zero-order chi connectivity index (χ0) is 10.2. The van der Waals surface area contributed by atoms with E-state index in [1.165, 1.54) is 29.5 Å². The first-order chi connectivity index (χ1) is 6.68. The molecule has 0 atom stereocenters. The maximum atomic E-state index is 5.66. The molecule has 1 aromatic carbocycles. The van der Waals surface area contributed by atoms with Gasteiger partial charge in [-0.15, -0.1) is 0 Å². The van der Waals surface area contributed by atoms with Crippen molar-refractivity contribution < 1.29 is 0 Å². The van der Waals surface area contributed by atoms with E-state index in [-0.39, 0.29) is 0 Å². The summed E-state index contributed by atoms with van der Waals surface area (Å²) in [5.41, 5.74) is 10.4. The molecular formula is C13H19N. The summed E-state index contributed by atoms with van der Waals surface area (Å²) in [6.45, 7) is 5.17. The van der Waals surface area contributed by atoms with E-state index < -0.39 is 0 Å². The summed E-state index contributed by atoms with van der Waals surface area (Å²) < 4.78 is 0. The van der Waals surface area contributed by atoms with Crippen LogP contribution in [0.5, 0.6) is 0 Å². The van der Waals surface area contributed by atoms with Crippen LogP contribution in [0.15, 0.2) is 18.2 Å². The number of hydrogen-bond donors (Lipinski definition) is 1. The van der Waals surface area contributed by atoms with Crippen molar-refractivity contribution in [3.8, 4) is 0 Å². The van der Waals surface area contributed by atoms with E-state index in [0.717, 1.165) is 13.0 Å². The first kappa shape index (κ1) is 9.72. The van der Waals surface area contributed by atoms with Gasteiger partial charge in [-0.05, 0) is 61.8 Å². The molecule has 0 heterocycles. The van der Waals surface area contributed by atoms with Crippen LogP contribution >= 0.6 is 0 Å². The number of rotatable bonds is 3. The highest BCUT2D eigenvalue weighted by atomic mass is 14.6. The Morgan fingerprint density at radius 1 is 1.21 bits per heavy atom. The van der Waals surface area contributed by atoms with Gasteiger partial charge in [-0.2, -0.15) is 0 Å². The lowest BCUT2D eigenvalue weighted by Gasteiger charge is -2.15. The lowest BCUT2D eigenvalue weighted by atomic mass is 9.90. The van der Waals surface area contributed by atoms with E-state index in [1.807, 2.05) is 0 Å². The first-order valence-corrected chi connectivity index (χ1v) is 5.46. The predicted octanol–water partition coefficient (Wildman–Crippen LogP) is 2.68. The Hall–Kier alpha value is -0.820. The standard InChI is InChI=1S/C13H19N/c1-10-3-4-12(9-11(10)2)13(5-6-13)7-8-14/h3-4,9H,5-8,14H2,1-2H3. The zero-order valence-electron chi connectivity index (χ0n) is 9.14. The Bertz CT molecular complexity index is 337. The van der Waals surface area contributed by atoms with Crippen molar-refractivity contribution in [2.75, 3.05) is 6.54 Å². The van der Waals surface area contributed by atoms with Crippen molar-refractivity contribution in [1.29, 1.82) is 0 Å². The molecule has 1 aromatic rings. The van der Waals surface area contributed by atoms with Crippen molar-refractivity contribution in [3.63, 3.8) is 0 Å². The van der Waals surface area contributed by atoms with E-state index in [0.29, 0.717) is 5.41 Å². The molecule has 1 heteroatoms. The second-order valence-corrected chi connectivity index (χ2v) is 4.62. The molecule has 1 saturated carbocycles. The van der Waals surface area contributed by atoms with E-state index in [2.05, 4.69) is 32.0 Å². The van der Waals surface area contributed by atoms with Crippen LogP contribution in [0.2, 0.25) is 0 Å². The van der Waals surface area contributed by atoms with Crippen LogP contribution in [0.1, 0.15) is 36.0 Å². The lowest BCUT2D eigenvalue weighted by molar-refractivity contribution is 0.628. The minimum absolute atomic E-state index is 0.452. The fraction of sp³-hybridized carbons (Fsp3) is 0.538. The predicted molar refractivity (Wildman–Crippen MR) is 60.5 cm³/mol. The van der Waals surface area contributed by atoms with Gasteiger partial charge in [0.05, 0.1) is 0 Å². The number of benzene rings is 1. The molecule has 0 aliphatic heterocycles. The second kappa shape index (κ2) is 3.39. The lowest BCUT2D eigenvalue weighted by Crippen LogP contribution is -2.13. The Labute approximate surface area is 86.3 Å². The summed E-state index contributed by atoms with van der Waals surface area (Å²) >= 11 is 0. The highest BCUT2D eigenvalue weighted by Crippen LogP contribution is 2.50. The highest BCUT2D eigenvalue weighted by Gasteiger charge is 2.43. The minimum Gasteiger partial charge on any atom is -0.330 e. The SMILES string of the molecule is Cc1ccc(C2(CCN)CC2)cc1C. The molecule has 1 fully saturated rings. The molecule has 1 aliphatic rings. The van der Waals surface area contributed by atoms with Crippen LogP contribution in [0.3, 0.4) is 0 Å². The molecule has 0 amide bonds. The van der Waals surface area contributed by atoms with Crippen molar-refractivity contribution >= 4 is 0 Å². The molecule has 2 rings (SSSR count). The fourth-order valence-corrected chi connectivity index (χ4v) is 2.18. The van der Waals surface area contributed by atoms with Crippen LogP contribution < -0.4 is 5.73 Å². The average molecular weight is 189 g/mol. The van der Waals surface area contributed by atoms with Crippen LogP contribution in [-0.4, -0.2) is 6.54 Å². The molecule has 76 valence electrons. The quantitative estimate of drug-likeness (QED) is 0.777. The van der Waals surface area contributed by atoms with Gasteiger partial charge in [0.15, 0.2) is 0 Å². The van der Waals surface area contributed by atoms with Crippen LogP contribution in [0.25, 0.3) is 0 Å². The molecule has 0 bridgehead atoms. The second-order valence-electron chi connectivity index (χ2n) is 4.62. The first-order valence-electron chi connectivity index (χ1n) is 5.46. The van der Waals surface area contributed by atoms with Crippen LogP contribution in [0.4, 0.5) is 0 Å². The van der Waals surface area contributed by atoms with E-state index in [4.69, 9.17) is 5.73 Å². The van der Waals surface area contributed by atoms with E-state index >= 15 is 0 Å². The van der Waals surface area contributed by atoms with Gasteiger partial charge in [0.2, 0.25) is 0 Å². The van der Waals surface area contributed by atoms with Crippen LogP contribution in [-0.2, 0) is 5.41 Å². The molecule has 0 saturated heterocycles. The monoisotopic (exact) mass is 189 g/mol. The highest BCUT2D eigenvalue weighted by molar-refractivity contribution is 5.37. The van der Waals surface area contributed by atoms with Crippen molar-refractivity contribution in [1.82, 2.24) is 0 Å². The molecule has 1 nitrogen and oxygen atoms in total. The largest absolute Gasteiger partial charge is 0.330 e. The third-order valence-electron chi connectivity index (χ3n) is 3.60. The summed E-state index contributed by atoms with van der Waals surface area (Å²) in [7, 11) is 0. The van der Waals surface area contributed by atoms with Gasteiger partial charge in [0.1, 0.15) is 0 Å². The molecular weight excluding hydrogens is 170 g/mol. The maximum absolute atomic E-state index is 5.66. The summed E-state index contributed by atoms with van der Waals surface area (Å²) in [4.78, 5) is 0. The molecule has 0 spiro atoms. The molecule has 1 aliphatic carbocycles. The van der Waals surface area contributed by atoms with Crippen molar-refractivity contribution in [2.24, 2.45) is 5.73 Å². The Morgan fingerprint density at radius 3 is 2.43 bits per heavy atom. The molecule has 14 heavy (non-hydrogen) atoms. The van der Waals surface area contributed by atoms with Crippen molar-refractivity contribution in [3.05, 3.63) is 34.9 Å². The summed E-state index contributed by atoms with van der Waals surface area (Å²) in [6, 6.07) is 6.87. The number of aryl methyl sites for hydroxylation is 2. The van der Waals surface area contributed by atoms with Crippen molar-refractivity contribution in [2.45, 2.75) is 38.5 Å². The van der Waals surface area contributed by atoms with Gasteiger partial charge >= 0.3 is 0 Å². The molecule has 0 radical (unpaired) electrons. The molecule has 2 N–H and O–H groups in total. The van der Waals surface area contributed by atoms with Gasteiger partial charge in [0.25, 0.3) is 0 Å². The summed E-state index contributed by atoms with van der Waals surface area (Å²) in [5.74, 6) is 0. The minimum atomic E-state index is 0.452. The normalized spacial score (nSPS) is 18.2. The summed E-state index contributed by atoms with van der Waals surface area (Å²) in [5, 5.41) is 0. The number of hydrogen-bond acceptors (Lipinski definition) is 1. The number of nitrogens with two attached hydrogens (primary N) is 1.